The number of carbonyl (C=O) groups is 2. The van der Waals surface area contributed by atoms with Crippen molar-refractivity contribution >= 4 is 24.2 Å². The molecule has 0 aliphatic carbocycles. The summed E-state index contributed by atoms with van der Waals surface area (Å²) in [4.78, 5) is 23.7. The molecule has 0 saturated carbocycles. The quantitative estimate of drug-likeness (QED) is 0.658. The number of rotatable bonds is 9. The summed E-state index contributed by atoms with van der Waals surface area (Å²) in [7, 11) is 5.53. The second-order valence-corrected chi connectivity index (χ2v) is 8.11. The highest BCUT2D eigenvalue weighted by molar-refractivity contribution is 5.91. The number of carboxylic acids is 1. The number of aliphatic carboxylic acids is 1. The minimum atomic E-state index is -2.01. The number of hydrogen-bond acceptors (Lipinski definition) is 4. The fourth-order valence-electron chi connectivity index (χ4n) is 3.54. The van der Waals surface area contributed by atoms with Gasteiger partial charge in [0.15, 0.2) is 17.4 Å². The highest BCUT2D eigenvalue weighted by Gasteiger charge is 2.50. The summed E-state index contributed by atoms with van der Waals surface area (Å²) in [6, 6.07) is 7.03. The third-order valence-corrected chi connectivity index (χ3v) is 4.38. The fourth-order valence-corrected chi connectivity index (χ4v) is 3.54. The van der Waals surface area contributed by atoms with E-state index < -0.39 is 29.8 Å². The summed E-state index contributed by atoms with van der Waals surface area (Å²) < 4.78 is 0.221. The van der Waals surface area contributed by atoms with Gasteiger partial charge in [0.2, 0.25) is 0 Å². The molecule has 0 aromatic heterocycles. The van der Waals surface area contributed by atoms with Gasteiger partial charge in [-0.3, -0.25) is 4.79 Å². The average Bonchev–Trinajstić information content (AvgIpc) is 2.45. The van der Waals surface area contributed by atoms with Crippen molar-refractivity contribution in [3.05, 3.63) is 35.4 Å². The van der Waals surface area contributed by atoms with Gasteiger partial charge in [-0.1, -0.05) is 45.0 Å². The molecule has 0 amide bonds. The molecule has 26 heavy (non-hydrogen) atoms. The smallest absolute Gasteiger partial charge is 0.184 e. The van der Waals surface area contributed by atoms with E-state index in [1.165, 1.54) is 5.56 Å². The lowest BCUT2D eigenvalue weighted by molar-refractivity contribution is -0.908. The number of quaternary nitrogens is 1. The Morgan fingerprint density at radius 1 is 1.15 bits per heavy atom. The van der Waals surface area contributed by atoms with Crippen molar-refractivity contribution in [1.82, 2.24) is 0 Å². The summed E-state index contributed by atoms with van der Waals surface area (Å²) in [6.45, 7) is 5.91. The van der Waals surface area contributed by atoms with Crippen molar-refractivity contribution in [2.45, 2.75) is 51.7 Å². The van der Waals surface area contributed by atoms with Gasteiger partial charge in [0.1, 0.15) is 0 Å². The lowest BCUT2D eigenvalue weighted by atomic mass is 9.79. The minimum absolute atomic E-state index is 0. The lowest BCUT2D eigenvalue weighted by Crippen LogP contribution is -2.58. The van der Waals surface area contributed by atoms with E-state index >= 15 is 0 Å². The standard InChI is InChI=1S/C20H31NO4.ClH/c1-7-17(22)20(25,13-18(23)24)19(21(4,5)6)16-10-8-15(9-11-16)12-14(2)3;/h8-11,14,19,25H,7,12-13H2,1-6H3;1H. The number of benzene rings is 1. The topological polar surface area (TPSA) is 77.4 Å². The first-order valence-electron chi connectivity index (χ1n) is 8.77. The molecule has 0 fully saturated rings. The molecule has 0 spiro atoms. The molecule has 0 heterocycles. The summed E-state index contributed by atoms with van der Waals surface area (Å²) in [5.41, 5.74) is -0.0968. The van der Waals surface area contributed by atoms with E-state index in [2.05, 4.69) is 13.8 Å². The number of Topliss-reactive ketones (excluding diaryl/α,β-unsaturated/α-hetero) is 1. The number of likely N-dealkylation sites (N-methyl/N-ethyl adjacent to an activating group) is 1. The molecule has 1 aromatic rings. The summed E-state index contributed by atoms with van der Waals surface area (Å²) in [5, 5.41) is 22.4. The van der Waals surface area contributed by atoms with Crippen LogP contribution in [0, 0.1) is 5.92 Å². The van der Waals surface area contributed by atoms with Gasteiger partial charge in [0.05, 0.1) is 21.1 Å². The molecule has 0 aliphatic rings. The Hall–Kier alpha value is -1.43. The second kappa shape index (κ2) is 9.49. The molecule has 2 atom stereocenters. The number of hydrogen-bond donors (Lipinski definition) is 1. The number of halogens is 1. The molecule has 0 radical (unpaired) electrons. The van der Waals surface area contributed by atoms with Gasteiger partial charge in [0.25, 0.3) is 0 Å². The van der Waals surface area contributed by atoms with Crippen LogP contribution in [0.25, 0.3) is 0 Å². The third kappa shape index (κ3) is 6.08. The Balaban J connectivity index is 0.00000625. The predicted molar refractivity (Wildman–Crippen MR) is 103 cm³/mol. The number of nitrogens with zero attached hydrogens (tertiary/aromatic N) is 1. The highest BCUT2D eigenvalue weighted by Crippen LogP contribution is 2.38. The van der Waals surface area contributed by atoms with Gasteiger partial charge < -0.3 is 19.5 Å². The van der Waals surface area contributed by atoms with Gasteiger partial charge >= 0.3 is 0 Å². The van der Waals surface area contributed by atoms with E-state index in [1.54, 1.807) is 6.92 Å². The summed E-state index contributed by atoms with van der Waals surface area (Å²) in [6.07, 6.45) is 0.284. The molecule has 6 heteroatoms. The zero-order chi connectivity index (χ0) is 19.4. The van der Waals surface area contributed by atoms with E-state index in [0.29, 0.717) is 5.92 Å². The molecule has 0 bridgehead atoms. The molecule has 1 rings (SSSR count). The maximum Gasteiger partial charge on any atom is 0.184 e. The first-order chi connectivity index (χ1) is 11.4. The van der Waals surface area contributed by atoms with Crippen LogP contribution in [0.4, 0.5) is 0 Å². The van der Waals surface area contributed by atoms with Crippen LogP contribution >= 0.6 is 12.4 Å². The van der Waals surface area contributed by atoms with Gasteiger partial charge in [-0.2, -0.15) is 0 Å². The zero-order valence-corrected chi connectivity index (χ0v) is 17.4. The Morgan fingerprint density at radius 3 is 2.00 bits per heavy atom. The van der Waals surface area contributed by atoms with Crippen molar-refractivity contribution in [2.75, 3.05) is 21.1 Å². The molecule has 1 aromatic carbocycles. The first kappa shape index (κ1) is 24.6. The fraction of sp³-hybridized carbons (Fsp3) is 0.600. The van der Waals surface area contributed by atoms with Crippen LogP contribution in [0.3, 0.4) is 0 Å². The highest BCUT2D eigenvalue weighted by atomic mass is 35.5. The molecule has 5 nitrogen and oxygen atoms in total. The largest absolute Gasteiger partial charge is 0.550 e. The lowest BCUT2D eigenvalue weighted by Gasteiger charge is -2.44. The van der Waals surface area contributed by atoms with Crippen LogP contribution in [-0.4, -0.2) is 48.1 Å². The molecule has 1 N–H and O–H groups in total. The van der Waals surface area contributed by atoms with Crippen molar-refractivity contribution in [2.24, 2.45) is 5.92 Å². The van der Waals surface area contributed by atoms with Gasteiger partial charge in [0, 0.05) is 24.4 Å². The Labute approximate surface area is 163 Å². The van der Waals surface area contributed by atoms with E-state index in [9.17, 15) is 19.8 Å². The van der Waals surface area contributed by atoms with Crippen LogP contribution in [0.15, 0.2) is 24.3 Å². The molecule has 0 saturated heterocycles. The number of aliphatic hydroxyl groups is 1. The second-order valence-electron chi connectivity index (χ2n) is 8.11. The van der Waals surface area contributed by atoms with Crippen LogP contribution in [0.1, 0.15) is 50.8 Å². The molecule has 2 unspecified atom stereocenters. The third-order valence-electron chi connectivity index (χ3n) is 4.38. The monoisotopic (exact) mass is 385 g/mol. The molecular weight excluding hydrogens is 354 g/mol. The van der Waals surface area contributed by atoms with E-state index in [0.717, 1.165) is 12.0 Å². The Morgan fingerprint density at radius 2 is 1.65 bits per heavy atom. The summed E-state index contributed by atoms with van der Waals surface area (Å²) >= 11 is 0. The zero-order valence-electron chi connectivity index (χ0n) is 16.6. The number of carboxylic acid groups (broad SMARTS) is 1. The van der Waals surface area contributed by atoms with E-state index in [4.69, 9.17) is 0 Å². The average molecular weight is 386 g/mol. The van der Waals surface area contributed by atoms with Crippen LogP contribution < -0.4 is 5.11 Å². The van der Waals surface area contributed by atoms with Crippen molar-refractivity contribution in [3.63, 3.8) is 0 Å². The van der Waals surface area contributed by atoms with Crippen molar-refractivity contribution in [1.29, 1.82) is 0 Å². The van der Waals surface area contributed by atoms with E-state index in [1.807, 2.05) is 45.4 Å². The molecular formula is C20H32ClNO4. The Kier molecular flexibility index (Phi) is 8.97. The first-order valence-corrected chi connectivity index (χ1v) is 8.77. The number of carbonyl (C=O) groups excluding carboxylic acids is 2. The maximum absolute atomic E-state index is 12.5. The predicted octanol–water partition coefficient (Wildman–Crippen LogP) is 1.90. The normalized spacial score (nSPS) is 15.1. The van der Waals surface area contributed by atoms with Crippen LogP contribution in [0.5, 0.6) is 0 Å². The van der Waals surface area contributed by atoms with Gasteiger partial charge in [-0.15, -0.1) is 12.4 Å². The summed E-state index contributed by atoms with van der Waals surface area (Å²) in [5.74, 6) is -1.39. The van der Waals surface area contributed by atoms with Gasteiger partial charge in [-0.25, -0.2) is 0 Å². The maximum atomic E-state index is 12.5. The van der Waals surface area contributed by atoms with Crippen LogP contribution in [0.2, 0.25) is 0 Å². The van der Waals surface area contributed by atoms with Gasteiger partial charge in [-0.05, 0) is 17.9 Å². The van der Waals surface area contributed by atoms with E-state index in [-0.39, 0.29) is 23.3 Å². The minimum Gasteiger partial charge on any atom is -0.550 e. The van der Waals surface area contributed by atoms with Crippen molar-refractivity contribution < 1.29 is 24.3 Å². The van der Waals surface area contributed by atoms with Crippen LogP contribution in [-0.2, 0) is 16.0 Å². The molecule has 148 valence electrons. The SMILES string of the molecule is CCC(=O)C(O)(CC(=O)[O-])C(c1ccc(CC(C)C)cc1)[N+](C)(C)C.Cl. The van der Waals surface area contributed by atoms with Crippen molar-refractivity contribution in [3.8, 4) is 0 Å². The molecule has 0 aliphatic heterocycles. The number of ketones is 1. The Bertz CT molecular complexity index is 607.